The average molecular weight is 257 g/mol. The fourth-order valence-corrected chi connectivity index (χ4v) is 2.95. The van der Waals surface area contributed by atoms with Gasteiger partial charge in [0.2, 0.25) is 0 Å². The molecule has 0 aromatic heterocycles. The molecule has 0 N–H and O–H groups in total. The fraction of sp³-hybridized carbons (Fsp3) is 0.400. The van der Waals surface area contributed by atoms with Gasteiger partial charge in [-0.05, 0) is 31.4 Å². The van der Waals surface area contributed by atoms with E-state index >= 15 is 0 Å². The van der Waals surface area contributed by atoms with Crippen LogP contribution in [0.4, 0.5) is 5.69 Å². The minimum Gasteiger partial charge on any atom is -0.305 e. The number of carbonyl (C=O) groups is 3. The maximum absolute atomic E-state index is 11.9. The van der Waals surface area contributed by atoms with Gasteiger partial charge in [0, 0.05) is 18.9 Å². The number of fused-ring (bicyclic) bond motifs is 1. The van der Waals surface area contributed by atoms with Crippen LogP contribution in [0.2, 0.25) is 0 Å². The highest BCUT2D eigenvalue weighted by molar-refractivity contribution is 6.52. The molecule has 1 fully saturated rings. The highest BCUT2D eigenvalue weighted by atomic mass is 16.2. The van der Waals surface area contributed by atoms with E-state index in [4.69, 9.17) is 0 Å². The molecular weight excluding hydrogens is 242 g/mol. The van der Waals surface area contributed by atoms with Gasteiger partial charge in [-0.1, -0.05) is 12.1 Å². The van der Waals surface area contributed by atoms with Crippen LogP contribution < -0.4 is 4.90 Å². The van der Waals surface area contributed by atoms with Gasteiger partial charge < -0.3 is 4.90 Å². The number of para-hydroxylation sites is 1. The second-order valence-electron chi connectivity index (χ2n) is 5.15. The van der Waals surface area contributed by atoms with Gasteiger partial charge in [-0.15, -0.1) is 0 Å². The molecule has 1 aliphatic heterocycles. The largest absolute Gasteiger partial charge is 0.305 e. The molecule has 1 aromatic rings. The molecule has 0 bridgehead atoms. The fourth-order valence-electron chi connectivity index (χ4n) is 2.95. The number of carbonyl (C=O) groups excluding carboxylic acids is 3. The number of ketones is 2. The monoisotopic (exact) mass is 257 g/mol. The number of Topliss-reactive ketones (excluding diaryl/α,β-unsaturated/α-hetero) is 2. The zero-order chi connectivity index (χ0) is 13.4. The van der Waals surface area contributed by atoms with Gasteiger partial charge >= 0.3 is 0 Å². The number of hydrogen-bond donors (Lipinski definition) is 0. The van der Waals surface area contributed by atoms with E-state index in [9.17, 15) is 14.4 Å². The second kappa shape index (κ2) is 4.61. The van der Waals surface area contributed by atoms with Gasteiger partial charge in [0.05, 0.1) is 11.3 Å². The topological polar surface area (TPSA) is 54.5 Å². The van der Waals surface area contributed by atoms with Crippen molar-refractivity contribution in [1.29, 1.82) is 0 Å². The Bertz CT molecular complexity index is 564. The van der Waals surface area contributed by atoms with Crippen LogP contribution in [-0.2, 0) is 9.59 Å². The quantitative estimate of drug-likeness (QED) is 0.778. The van der Waals surface area contributed by atoms with Crippen molar-refractivity contribution in [3.05, 3.63) is 29.8 Å². The van der Waals surface area contributed by atoms with E-state index < -0.39 is 11.7 Å². The van der Waals surface area contributed by atoms with Crippen LogP contribution in [0.1, 0.15) is 36.0 Å². The minimum absolute atomic E-state index is 0.0654. The maximum atomic E-state index is 11.9. The van der Waals surface area contributed by atoms with Crippen LogP contribution in [0, 0.1) is 5.92 Å². The Labute approximate surface area is 111 Å². The molecule has 4 nitrogen and oxygen atoms in total. The molecule has 1 unspecified atom stereocenters. The highest BCUT2D eigenvalue weighted by Gasteiger charge is 2.36. The molecule has 2 aliphatic rings. The van der Waals surface area contributed by atoms with Crippen molar-refractivity contribution in [2.75, 3.05) is 11.4 Å². The normalized spacial score (nSPS) is 22.2. The Morgan fingerprint density at radius 3 is 2.68 bits per heavy atom. The van der Waals surface area contributed by atoms with E-state index in [1.165, 1.54) is 4.90 Å². The number of anilines is 1. The molecule has 3 rings (SSSR count). The van der Waals surface area contributed by atoms with Crippen LogP contribution in [-0.4, -0.2) is 24.0 Å². The Morgan fingerprint density at radius 2 is 1.95 bits per heavy atom. The number of rotatable bonds is 3. The van der Waals surface area contributed by atoms with E-state index in [-0.39, 0.29) is 5.92 Å². The van der Waals surface area contributed by atoms with Crippen molar-refractivity contribution in [3.8, 4) is 0 Å². The first-order chi connectivity index (χ1) is 9.18. The minimum atomic E-state index is -0.466. The summed E-state index contributed by atoms with van der Waals surface area (Å²) in [5, 5.41) is 0. The summed E-state index contributed by atoms with van der Waals surface area (Å²) in [6.07, 6.45) is 3.18. The first kappa shape index (κ1) is 12.1. The van der Waals surface area contributed by atoms with Gasteiger partial charge in [0.15, 0.2) is 0 Å². The van der Waals surface area contributed by atoms with Crippen LogP contribution in [0.3, 0.4) is 0 Å². The molecule has 19 heavy (non-hydrogen) atoms. The maximum Gasteiger partial charge on any atom is 0.299 e. The van der Waals surface area contributed by atoms with E-state index in [1.807, 2.05) is 6.07 Å². The van der Waals surface area contributed by atoms with Crippen LogP contribution in [0.15, 0.2) is 24.3 Å². The Kier molecular flexibility index (Phi) is 2.93. The average Bonchev–Trinajstić information content (AvgIpc) is 2.93. The summed E-state index contributed by atoms with van der Waals surface area (Å²) in [7, 11) is 0. The summed E-state index contributed by atoms with van der Waals surface area (Å²) in [5.41, 5.74) is 1.16. The lowest BCUT2D eigenvalue weighted by molar-refractivity contribution is -0.121. The molecule has 1 saturated carbocycles. The lowest BCUT2D eigenvalue weighted by Crippen LogP contribution is -2.32. The van der Waals surface area contributed by atoms with Crippen LogP contribution in [0.25, 0.3) is 0 Å². The van der Waals surface area contributed by atoms with E-state index in [2.05, 4.69) is 0 Å². The van der Waals surface area contributed by atoms with Crippen LogP contribution >= 0.6 is 0 Å². The zero-order valence-corrected chi connectivity index (χ0v) is 10.6. The van der Waals surface area contributed by atoms with E-state index in [0.717, 1.165) is 12.8 Å². The first-order valence-electron chi connectivity index (χ1n) is 6.66. The molecule has 4 heteroatoms. The second-order valence-corrected chi connectivity index (χ2v) is 5.15. The molecule has 0 radical (unpaired) electrons. The highest BCUT2D eigenvalue weighted by Crippen LogP contribution is 2.30. The molecule has 1 heterocycles. The van der Waals surface area contributed by atoms with Gasteiger partial charge in [0.1, 0.15) is 5.78 Å². The lowest BCUT2D eigenvalue weighted by atomic mass is 10.0. The van der Waals surface area contributed by atoms with Gasteiger partial charge in [-0.3, -0.25) is 14.4 Å². The summed E-state index contributed by atoms with van der Waals surface area (Å²) < 4.78 is 0. The van der Waals surface area contributed by atoms with E-state index in [1.54, 1.807) is 18.2 Å². The van der Waals surface area contributed by atoms with Gasteiger partial charge in [0.25, 0.3) is 11.7 Å². The van der Waals surface area contributed by atoms with Crippen molar-refractivity contribution < 1.29 is 14.4 Å². The summed E-state index contributed by atoms with van der Waals surface area (Å²) in [6.45, 7) is 0.456. The number of amides is 1. The Balaban J connectivity index is 1.76. The molecular formula is C15H15NO3. The van der Waals surface area contributed by atoms with Gasteiger partial charge in [-0.25, -0.2) is 0 Å². The van der Waals surface area contributed by atoms with Gasteiger partial charge in [-0.2, -0.15) is 0 Å². The van der Waals surface area contributed by atoms with Crippen molar-refractivity contribution in [2.45, 2.75) is 25.7 Å². The predicted molar refractivity (Wildman–Crippen MR) is 70.1 cm³/mol. The molecule has 1 atom stereocenters. The zero-order valence-electron chi connectivity index (χ0n) is 10.6. The number of hydrogen-bond acceptors (Lipinski definition) is 3. The summed E-state index contributed by atoms with van der Waals surface area (Å²) >= 11 is 0. The standard InChI is InChI=1S/C15H15NO3/c17-13-7-3-4-10(13)8-9-16-12-6-2-1-5-11(12)14(18)15(16)19/h1-2,5-6,10H,3-4,7-9H2. The van der Waals surface area contributed by atoms with Crippen molar-refractivity contribution in [2.24, 2.45) is 5.92 Å². The smallest absolute Gasteiger partial charge is 0.299 e. The number of benzene rings is 1. The molecule has 1 amide bonds. The van der Waals surface area contributed by atoms with Crippen molar-refractivity contribution in [1.82, 2.24) is 0 Å². The third-order valence-corrected chi connectivity index (χ3v) is 4.01. The Morgan fingerprint density at radius 1 is 1.16 bits per heavy atom. The molecule has 0 saturated heterocycles. The SMILES string of the molecule is O=C1C(=O)N(CCC2CCCC2=O)c2ccccc21. The van der Waals surface area contributed by atoms with Crippen molar-refractivity contribution >= 4 is 23.2 Å². The molecule has 98 valence electrons. The lowest BCUT2D eigenvalue weighted by Gasteiger charge is -2.18. The first-order valence-corrected chi connectivity index (χ1v) is 6.66. The number of nitrogens with zero attached hydrogens (tertiary/aromatic N) is 1. The molecule has 1 aliphatic carbocycles. The van der Waals surface area contributed by atoms with Crippen LogP contribution in [0.5, 0.6) is 0 Å². The summed E-state index contributed by atoms with van der Waals surface area (Å²) in [4.78, 5) is 36.9. The predicted octanol–water partition coefficient (Wildman–Crippen LogP) is 1.98. The van der Waals surface area contributed by atoms with Crippen molar-refractivity contribution in [3.63, 3.8) is 0 Å². The third-order valence-electron chi connectivity index (χ3n) is 4.01. The third kappa shape index (κ3) is 1.97. The molecule has 1 aromatic carbocycles. The van der Waals surface area contributed by atoms with E-state index in [0.29, 0.717) is 36.4 Å². The summed E-state index contributed by atoms with van der Waals surface area (Å²) in [5.74, 6) is -0.540. The Hall–Kier alpha value is -1.97. The summed E-state index contributed by atoms with van der Waals surface area (Å²) in [6, 6.07) is 7.04. The molecule has 0 spiro atoms.